The van der Waals surface area contributed by atoms with Gasteiger partial charge in [0.05, 0.1) is 0 Å². The Morgan fingerprint density at radius 2 is 2.10 bits per heavy atom. The van der Waals surface area contributed by atoms with Crippen molar-refractivity contribution in [3.8, 4) is 0 Å². The minimum absolute atomic E-state index is 0. The molecular weight excluding hydrogens is 189 g/mol. The van der Waals surface area contributed by atoms with Gasteiger partial charge in [-0.1, -0.05) is 0 Å². The normalized spacial score (nSPS) is 10.6. The maximum Gasteiger partial charge on any atom is 1.00 e. The zero-order valence-corrected chi connectivity index (χ0v) is 9.11. The molecule has 0 unspecified atom stereocenters. The second-order valence-electron chi connectivity index (χ2n) is 1.11. The van der Waals surface area contributed by atoms with Gasteiger partial charge in [-0.2, -0.15) is 12.0 Å². The van der Waals surface area contributed by atoms with E-state index in [9.17, 15) is 8.42 Å². The Balaban J connectivity index is 0. The van der Waals surface area contributed by atoms with Gasteiger partial charge in [0.2, 0.25) is 0 Å². The Labute approximate surface area is 86.1 Å². The van der Waals surface area contributed by atoms with Gasteiger partial charge in [-0.05, 0) is 0 Å². The van der Waals surface area contributed by atoms with Crippen LogP contribution in [0, 0.1) is 0 Å². The smallest absolute Gasteiger partial charge is 0.330 e. The molecule has 0 atom stereocenters. The van der Waals surface area contributed by atoms with Crippen LogP contribution in [0.25, 0.3) is 0 Å². The van der Waals surface area contributed by atoms with E-state index < -0.39 is 10.4 Å². The second-order valence-corrected chi connectivity index (χ2v) is 3.15. The number of hydrogen-bond donors (Lipinski definition) is 2. The quantitative estimate of drug-likeness (QED) is 0.209. The van der Waals surface area contributed by atoms with Gasteiger partial charge in [0.1, 0.15) is 0 Å². The van der Waals surface area contributed by atoms with E-state index in [4.69, 9.17) is 10.3 Å². The molecule has 0 aliphatic heterocycles. The number of rotatable bonds is 4. The van der Waals surface area contributed by atoms with Crippen LogP contribution in [0.5, 0.6) is 0 Å². The van der Waals surface area contributed by atoms with E-state index in [-0.39, 0.29) is 29.6 Å². The van der Waals surface area contributed by atoms with Gasteiger partial charge in [0, 0.05) is 24.3 Å². The van der Waals surface area contributed by atoms with Gasteiger partial charge in [0.25, 0.3) is 0 Å². The Morgan fingerprint density at radius 1 is 1.60 bits per heavy atom. The van der Waals surface area contributed by atoms with E-state index >= 15 is 0 Å². The Kier molecular flexibility index (Phi) is 9.44. The van der Waals surface area contributed by atoms with Crippen LogP contribution in [-0.4, -0.2) is 25.3 Å². The summed E-state index contributed by atoms with van der Waals surface area (Å²) >= 11 is 0.597. The van der Waals surface area contributed by atoms with Crippen molar-refractivity contribution in [2.75, 3.05) is 12.3 Å². The van der Waals surface area contributed by atoms with E-state index in [0.717, 1.165) is 0 Å². The number of hydrogen-bond acceptors (Lipinski definition) is 5. The van der Waals surface area contributed by atoms with Crippen LogP contribution >= 0.6 is 12.0 Å². The van der Waals surface area contributed by atoms with Crippen LogP contribution in [-0.2, 0) is 14.0 Å². The monoisotopic (exact) mass is 196 g/mol. The summed E-state index contributed by atoms with van der Waals surface area (Å²) in [6, 6.07) is 0. The molecule has 56 valence electrons. The molecule has 3 N–H and O–H groups in total. The fraction of sp³-hybridized carbons (Fsp3) is 1.00. The maximum atomic E-state index is 9.78. The molecule has 0 rings (SSSR count). The summed E-state index contributed by atoms with van der Waals surface area (Å²) in [5.74, 6) is 0.333. The number of nitrogens with two attached hydrogens (primary N) is 1. The molecule has 8 heteroatoms. The molecule has 0 heterocycles. The van der Waals surface area contributed by atoms with E-state index in [1.807, 2.05) is 0 Å². The minimum atomic E-state index is -4.29. The summed E-state index contributed by atoms with van der Waals surface area (Å²) in [5.41, 5.74) is 4.98. The predicted octanol–water partition coefficient (Wildman–Crippen LogP) is -3.58. The average Bonchev–Trinajstić information content (AvgIpc) is 1.63. The molecule has 0 spiro atoms. The first-order chi connectivity index (χ1) is 4.06. The maximum absolute atomic E-state index is 9.78. The van der Waals surface area contributed by atoms with Gasteiger partial charge >= 0.3 is 40.0 Å². The third-order valence-corrected chi connectivity index (χ3v) is 1.81. The fourth-order valence-corrected chi connectivity index (χ4v) is 0.998. The molecule has 0 aromatic heterocycles. The summed E-state index contributed by atoms with van der Waals surface area (Å²) in [7, 11) is -4.29. The first kappa shape index (κ1) is 13.7. The van der Waals surface area contributed by atoms with Gasteiger partial charge in [-0.15, -0.1) is 0 Å². The topological polar surface area (TPSA) is 89.6 Å². The third-order valence-electron chi connectivity index (χ3n) is 0.335. The molecule has 0 aromatic rings. The average molecular weight is 196 g/mol. The van der Waals surface area contributed by atoms with Crippen LogP contribution in [0.3, 0.4) is 0 Å². The van der Waals surface area contributed by atoms with Crippen molar-refractivity contribution in [2.24, 2.45) is 5.73 Å². The third kappa shape index (κ3) is 11.9. The van der Waals surface area contributed by atoms with E-state index in [1.165, 1.54) is 0 Å². The molecule has 5 nitrogen and oxygen atoms in total. The molecule has 0 amide bonds. The predicted molar refractivity (Wildman–Crippen MR) is 34.1 cm³/mol. The minimum Gasteiger partial charge on any atom is -0.330 e. The Bertz CT molecular complexity index is 157. The zero-order chi connectivity index (χ0) is 7.33. The summed E-state index contributed by atoms with van der Waals surface area (Å²) in [4.78, 5) is 0. The van der Waals surface area contributed by atoms with Crippen LogP contribution in [0.15, 0.2) is 0 Å². The zero-order valence-electron chi connectivity index (χ0n) is 5.48. The standard InChI is InChI=1S/C2H7NO4S2.Na/c3-1-2-8-7-9(4,5)6;/h1-3H2,(H,4,5,6);/q;+1. The Hall–Kier alpha value is 1.18. The van der Waals surface area contributed by atoms with Gasteiger partial charge in [-0.3, -0.25) is 4.55 Å². The molecule has 0 aliphatic carbocycles. The summed E-state index contributed by atoms with van der Waals surface area (Å²) < 4.78 is 31.3. The van der Waals surface area contributed by atoms with Crippen LogP contribution in [0.2, 0.25) is 0 Å². The molecular formula is C2H7NNaO4S2+. The van der Waals surface area contributed by atoms with E-state index in [0.29, 0.717) is 24.3 Å². The van der Waals surface area contributed by atoms with E-state index in [2.05, 4.69) is 3.63 Å². The first-order valence-corrected chi connectivity index (χ1v) is 4.32. The molecule has 0 aliphatic rings. The Morgan fingerprint density at radius 3 is 2.40 bits per heavy atom. The van der Waals surface area contributed by atoms with Crippen molar-refractivity contribution in [3.05, 3.63) is 0 Å². The molecule has 0 saturated heterocycles. The van der Waals surface area contributed by atoms with Crippen molar-refractivity contribution < 1.29 is 46.2 Å². The molecule has 0 fully saturated rings. The van der Waals surface area contributed by atoms with Gasteiger partial charge < -0.3 is 5.73 Å². The largest absolute Gasteiger partial charge is 1.00 e. The SMILES string of the molecule is NCCSOS(=O)(=O)O.[Na+]. The van der Waals surface area contributed by atoms with Crippen LogP contribution in [0.4, 0.5) is 0 Å². The molecule has 10 heavy (non-hydrogen) atoms. The van der Waals surface area contributed by atoms with Crippen molar-refractivity contribution in [1.82, 2.24) is 0 Å². The van der Waals surface area contributed by atoms with Gasteiger partial charge in [-0.25, -0.2) is 0 Å². The summed E-state index contributed by atoms with van der Waals surface area (Å²) in [5, 5.41) is 0. The van der Waals surface area contributed by atoms with Crippen molar-refractivity contribution in [3.63, 3.8) is 0 Å². The molecule has 0 aromatic carbocycles. The first-order valence-electron chi connectivity index (χ1n) is 2.05. The van der Waals surface area contributed by atoms with Gasteiger partial charge in [0.15, 0.2) is 0 Å². The summed E-state index contributed by atoms with van der Waals surface area (Å²) in [6.45, 7) is 0.306. The second kappa shape index (κ2) is 6.86. The molecule has 0 bridgehead atoms. The van der Waals surface area contributed by atoms with Crippen LogP contribution in [0.1, 0.15) is 0 Å². The van der Waals surface area contributed by atoms with Crippen LogP contribution < -0.4 is 35.3 Å². The van der Waals surface area contributed by atoms with Crippen molar-refractivity contribution >= 4 is 22.4 Å². The van der Waals surface area contributed by atoms with E-state index in [1.54, 1.807) is 0 Å². The van der Waals surface area contributed by atoms with Crippen molar-refractivity contribution in [2.45, 2.75) is 0 Å². The molecule has 0 radical (unpaired) electrons. The molecule has 0 saturated carbocycles. The summed E-state index contributed by atoms with van der Waals surface area (Å²) in [6.07, 6.45) is 0. The fourth-order valence-electron chi connectivity index (χ4n) is 0.143. The van der Waals surface area contributed by atoms with Crippen molar-refractivity contribution in [1.29, 1.82) is 0 Å².